The molecule has 0 saturated heterocycles. The number of amides is 1. The van der Waals surface area contributed by atoms with Crippen molar-refractivity contribution in [1.82, 2.24) is 25.8 Å². The lowest BCUT2D eigenvalue weighted by Crippen LogP contribution is -2.39. The minimum atomic E-state index is -0.978. The van der Waals surface area contributed by atoms with E-state index in [9.17, 15) is 13.6 Å². The van der Waals surface area contributed by atoms with Gasteiger partial charge in [-0.25, -0.2) is 13.8 Å². The van der Waals surface area contributed by atoms with Crippen molar-refractivity contribution in [1.29, 1.82) is 0 Å². The fourth-order valence-corrected chi connectivity index (χ4v) is 4.04. The van der Waals surface area contributed by atoms with Gasteiger partial charge in [0, 0.05) is 24.8 Å². The average Bonchev–Trinajstić information content (AvgIpc) is 3.38. The molecule has 0 fully saturated rings. The van der Waals surface area contributed by atoms with Gasteiger partial charge in [-0.05, 0) is 55.7 Å². The Morgan fingerprint density at radius 2 is 1.76 bits per heavy atom. The van der Waals surface area contributed by atoms with Crippen molar-refractivity contribution in [2.45, 2.75) is 39.4 Å². The van der Waals surface area contributed by atoms with Gasteiger partial charge in [-0.3, -0.25) is 14.9 Å². The molecule has 2 unspecified atom stereocenters. The van der Waals surface area contributed by atoms with Gasteiger partial charge < -0.3 is 16.0 Å². The fourth-order valence-electron chi connectivity index (χ4n) is 4.04. The van der Waals surface area contributed by atoms with Crippen LogP contribution in [0, 0.1) is 11.6 Å². The summed E-state index contributed by atoms with van der Waals surface area (Å²) < 4.78 is 27.0. The Kier molecular flexibility index (Phi) is 8.91. The average molecular weight is 558 g/mol. The number of anilines is 1. The van der Waals surface area contributed by atoms with Crippen molar-refractivity contribution in [2.24, 2.45) is 4.99 Å². The lowest BCUT2D eigenvalue weighted by molar-refractivity contribution is -0.117. The Balaban J connectivity index is 1.50. The molecule has 0 aliphatic carbocycles. The Morgan fingerprint density at radius 1 is 1.02 bits per heavy atom. The van der Waals surface area contributed by atoms with E-state index in [1.54, 1.807) is 13.1 Å². The van der Waals surface area contributed by atoms with Crippen LogP contribution in [-0.4, -0.2) is 40.0 Å². The quantitative estimate of drug-likeness (QED) is 0.0850. The van der Waals surface area contributed by atoms with Crippen molar-refractivity contribution < 1.29 is 13.6 Å². The van der Waals surface area contributed by atoms with Crippen LogP contribution in [0.5, 0.6) is 0 Å². The third-order valence-corrected chi connectivity index (χ3v) is 6.80. The zero-order valence-corrected chi connectivity index (χ0v) is 23.5. The van der Waals surface area contributed by atoms with Crippen LogP contribution in [0.2, 0.25) is 0 Å². The highest BCUT2D eigenvalue weighted by molar-refractivity contribution is 6.20. The summed E-state index contributed by atoms with van der Waals surface area (Å²) in [6.07, 6.45) is 1.79. The van der Waals surface area contributed by atoms with Crippen LogP contribution in [0.4, 0.5) is 14.6 Å². The number of aromatic nitrogens is 3. The number of carbonyl (C=O) groups excluding carboxylic acids is 1. The van der Waals surface area contributed by atoms with Gasteiger partial charge in [-0.2, -0.15) is 5.10 Å². The van der Waals surface area contributed by atoms with Crippen LogP contribution < -0.4 is 16.0 Å². The highest BCUT2D eigenvalue weighted by Crippen LogP contribution is 2.26. The van der Waals surface area contributed by atoms with Gasteiger partial charge in [-0.1, -0.05) is 49.1 Å². The number of nitrogens with one attached hydrogen (secondary N) is 4. The summed E-state index contributed by atoms with van der Waals surface area (Å²) in [7, 11) is 1.81. The lowest BCUT2D eigenvalue weighted by atomic mass is 10.0. The van der Waals surface area contributed by atoms with Gasteiger partial charge in [0.2, 0.25) is 0 Å². The van der Waals surface area contributed by atoms with Gasteiger partial charge in [0.1, 0.15) is 5.84 Å². The van der Waals surface area contributed by atoms with E-state index in [1.807, 2.05) is 51.2 Å². The van der Waals surface area contributed by atoms with Gasteiger partial charge in [0.15, 0.2) is 23.1 Å². The monoisotopic (exact) mass is 557 g/mol. The van der Waals surface area contributed by atoms with Gasteiger partial charge in [-0.15, -0.1) is 0 Å². The molecule has 2 atom stereocenters. The predicted molar refractivity (Wildman–Crippen MR) is 159 cm³/mol. The smallest absolute Gasteiger partial charge is 0.254 e. The van der Waals surface area contributed by atoms with Crippen molar-refractivity contribution in [2.75, 3.05) is 12.4 Å². The number of pyridine rings is 1. The third-order valence-electron chi connectivity index (χ3n) is 6.80. The molecular formula is C31H33F2N7O. The highest BCUT2D eigenvalue weighted by Gasteiger charge is 2.19. The zero-order valence-electron chi connectivity index (χ0n) is 23.5. The molecule has 1 amide bonds. The van der Waals surface area contributed by atoms with Crippen molar-refractivity contribution >= 4 is 28.6 Å². The lowest BCUT2D eigenvalue weighted by Gasteiger charge is -2.20. The molecule has 8 nitrogen and oxygen atoms in total. The van der Waals surface area contributed by atoms with Crippen LogP contribution in [0.15, 0.2) is 84.0 Å². The summed E-state index contributed by atoms with van der Waals surface area (Å²) in [6.45, 7) is 13.7. The summed E-state index contributed by atoms with van der Waals surface area (Å²) in [5.74, 6) is -1.37. The molecule has 0 spiro atoms. The summed E-state index contributed by atoms with van der Waals surface area (Å²) >= 11 is 0. The van der Waals surface area contributed by atoms with E-state index in [1.165, 1.54) is 6.07 Å². The molecule has 2 aromatic heterocycles. The van der Waals surface area contributed by atoms with E-state index < -0.39 is 23.6 Å². The van der Waals surface area contributed by atoms with E-state index in [2.05, 4.69) is 49.3 Å². The largest absolute Gasteiger partial charge is 0.371 e. The van der Waals surface area contributed by atoms with E-state index in [4.69, 9.17) is 0 Å². The number of aromatic amines is 1. The van der Waals surface area contributed by atoms with E-state index in [0.717, 1.165) is 45.6 Å². The summed E-state index contributed by atoms with van der Waals surface area (Å²) in [5, 5.41) is 17.1. The highest BCUT2D eigenvalue weighted by atomic mass is 19.2. The summed E-state index contributed by atoms with van der Waals surface area (Å²) in [4.78, 5) is 22.2. The number of rotatable bonds is 10. The normalized spacial score (nSPS) is 13.0. The molecule has 4 rings (SSSR count). The van der Waals surface area contributed by atoms with Crippen LogP contribution in [0.3, 0.4) is 0 Å². The number of aliphatic imine (C=N–C) groups is 1. The Bertz CT molecular complexity index is 1630. The number of hydrogen-bond acceptors (Lipinski definition) is 5. The maximum atomic E-state index is 13.7. The maximum Gasteiger partial charge on any atom is 0.254 e. The number of benzene rings is 2. The number of nitrogens with zero attached hydrogens (tertiary/aromatic N) is 3. The SMILES string of the molecule is C=C(C(=O)NC(C)c1ccc(F)c(F)c1)C(=NCc1ccc(-c2cnc3[nH]nc(NC)c3c2)cc1)NC(C)C(=C)C. The standard InChI is InChI=1S/C31H33F2N7O/c1-17(2)19(4)37-28(18(3)31(41)38-20(5)23-11-12-26(32)27(33)14-23)35-15-21-7-9-22(10-8-21)24-13-25-29(34-6)39-40-30(25)36-16-24/h7-14,16,19-20H,1,3,15H2,2,4-6H3,(H,35,37)(H,38,41)(H2,34,36,39,40). The number of amidine groups is 1. The second-order valence-electron chi connectivity index (χ2n) is 9.86. The minimum absolute atomic E-state index is 0.115. The van der Waals surface area contributed by atoms with Crippen molar-refractivity contribution in [3.63, 3.8) is 0 Å². The molecule has 10 heteroatoms. The van der Waals surface area contributed by atoms with E-state index in [-0.39, 0.29) is 11.6 Å². The predicted octanol–water partition coefficient (Wildman–Crippen LogP) is 5.83. The first-order valence-corrected chi connectivity index (χ1v) is 13.1. The Labute approximate surface area is 237 Å². The summed E-state index contributed by atoms with van der Waals surface area (Å²) in [6, 6.07) is 12.7. The Hall–Kier alpha value is -4.86. The second-order valence-corrected chi connectivity index (χ2v) is 9.86. The molecule has 0 aliphatic heterocycles. The second kappa shape index (κ2) is 12.5. The molecule has 0 bridgehead atoms. The molecule has 4 N–H and O–H groups in total. The topological polar surface area (TPSA) is 107 Å². The molecule has 2 heterocycles. The number of halogens is 2. The van der Waals surface area contributed by atoms with Crippen LogP contribution in [0.1, 0.15) is 37.9 Å². The molecule has 0 radical (unpaired) electrons. The van der Waals surface area contributed by atoms with E-state index >= 15 is 0 Å². The molecule has 212 valence electrons. The van der Waals surface area contributed by atoms with Gasteiger partial charge in [0.05, 0.1) is 23.5 Å². The molecule has 0 aliphatic rings. The molecule has 41 heavy (non-hydrogen) atoms. The van der Waals surface area contributed by atoms with E-state index in [0.29, 0.717) is 23.6 Å². The first kappa shape index (κ1) is 29.1. The van der Waals surface area contributed by atoms with Gasteiger partial charge in [0.25, 0.3) is 5.91 Å². The van der Waals surface area contributed by atoms with Gasteiger partial charge >= 0.3 is 0 Å². The number of fused-ring (bicyclic) bond motifs is 1. The zero-order chi connectivity index (χ0) is 29.7. The number of H-pyrrole nitrogens is 1. The summed E-state index contributed by atoms with van der Waals surface area (Å²) in [5.41, 5.74) is 4.96. The third kappa shape index (κ3) is 6.84. The minimum Gasteiger partial charge on any atom is -0.371 e. The first-order chi connectivity index (χ1) is 19.6. The molecule has 4 aromatic rings. The van der Waals surface area contributed by atoms with Crippen LogP contribution >= 0.6 is 0 Å². The Morgan fingerprint density at radius 3 is 2.41 bits per heavy atom. The molecule has 2 aromatic carbocycles. The maximum absolute atomic E-state index is 13.7. The fraction of sp³-hybridized carbons (Fsp3) is 0.226. The molecular weight excluding hydrogens is 524 g/mol. The van der Waals surface area contributed by atoms with Crippen molar-refractivity contribution in [3.8, 4) is 11.1 Å². The number of carbonyl (C=O) groups is 1. The van der Waals surface area contributed by atoms with Crippen LogP contribution in [-0.2, 0) is 11.3 Å². The number of hydrogen-bond donors (Lipinski definition) is 4. The first-order valence-electron chi connectivity index (χ1n) is 13.1. The molecule has 0 saturated carbocycles. The van der Waals surface area contributed by atoms with Crippen molar-refractivity contribution in [3.05, 3.63) is 102 Å². The van der Waals surface area contributed by atoms with Crippen LogP contribution in [0.25, 0.3) is 22.2 Å².